The van der Waals surface area contributed by atoms with Gasteiger partial charge in [0.15, 0.2) is 0 Å². The van der Waals surface area contributed by atoms with Crippen LogP contribution < -0.4 is 4.72 Å². The van der Waals surface area contributed by atoms with Crippen molar-refractivity contribution in [3.05, 3.63) is 29.8 Å². The topological polar surface area (TPSA) is 101 Å². The number of aryl methyl sites for hydroxylation is 1. The highest BCUT2D eigenvalue weighted by Gasteiger charge is 2.15. The molecule has 0 fully saturated rings. The monoisotopic (exact) mass is 293 g/mol. The zero-order valence-electron chi connectivity index (χ0n) is 9.83. The molecular formula is C10H15NO5S2. The third-order valence-corrected chi connectivity index (χ3v) is 4.68. The Morgan fingerprint density at radius 2 is 1.78 bits per heavy atom. The molecule has 0 aliphatic rings. The van der Waals surface area contributed by atoms with Crippen LogP contribution in [0.15, 0.2) is 29.2 Å². The van der Waals surface area contributed by atoms with Crippen molar-refractivity contribution in [3.8, 4) is 0 Å². The van der Waals surface area contributed by atoms with E-state index in [0.717, 1.165) is 0 Å². The minimum Gasteiger partial charge on any atom is -0.286 e. The summed E-state index contributed by atoms with van der Waals surface area (Å²) in [5.74, 6) is -0.469. The lowest BCUT2D eigenvalue weighted by Crippen LogP contribution is -2.26. The molecule has 0 heterocycles. The van der Waals surface area contributed by atoms with Crippen molar-refractivity contribution < 1.29 is 21.4 Å². The van der Waals surface area contributed by atoms with Gasteiger partial charge in [-0.2, -0.15) is 8.42 Å². The summed E-state index contributed by atoms with van der Waals surface area (Å²) in [6.07, 6.45) is 0.0178. The molecule has 18 heavy (non-hydrogen) atoms. The summed E-state index contributed by atoms with van der Waals surface area (Å²) in [4.78, 5) is 0.164. The van der Waals surface area contributed by atoms with E-state index in [1.54, 1.807) is 25.1 Å². The number of nitrogens with one attached hydrogen (secondary N) is 1. The fourth-order valence-electron chi connectivity index (χ4n) is 1.40. The van der Waals surface area contributed by atoms with Gasteiger partial charge < -0.3 is 0 Å². The first-order valence-corrected chi connectivity index (χ1v) is 8.32. The second-order valence-electron chi connectivity index (χ2n) is 3.80. The maximum Gasteiger partial charge on any atom is 0.264 e. The lowest BCUT2D eigenvalue weighted by Gasteiger charge is -2.08. The Labute approximate surface area is 107 Å². The molecule has 1 aromatic carbocycles. The summed E-state index contributed by atoms with van der Waals surface area (Å²) in [7, 11) is -7.68. The van der Waals surface area contributed by atoms with Crippen LogP contribution >= 0.6 is 0 Å². The molecule has 0 radical (unpaired) electrons. The van der Waals surface area contributed by atoms with Crippen molar-refractivity contribution in [3.63, 3.8) is 0 Å². The second-order valence-corrected chi connectivity index (χ2v) is 7.11. The average molecular weight is 293 g/mol. The summed E-state index contributed by atoms with van der Waals surface area (Å²) in [6, 6.07) is 6.49. The number of benzene rings is 1. The van der Waals surface area contributed by atoms with Gasteiger partial charge in [0.1, 0.15) is 0 Å². The lowest BCUT2D eigenvalue weighted by atomic mass is 10.2. The van der Waals surface area contributed by atoms with Crippen LogP contribution in [0.5, 0.6) is 0 Å². The molecule has 8 heteroatoms. The zero-order chi connectivity index (χ0) is 13.8. The fraction of sp³-hybridized carbons (Fsp3) is 0.400. The first kappa shape index (κ1) is 15.1. The average Bonchev–Trinajstić information content (AvgIpc) is 2.24. The molecule has 0 unspecified atom stereocenters. The van der Waals surface area contributed by atoms with Crippen molar-refractivity contribution in [2.75, 3.05) is 12.3 Å². The van der Waals surface area contributed by atoms with Crippen molar-refractivity contribution in [2.45, 2.75) is 18.2 Å². The number of hydrogen-bond acceptors (Lipinski definition) is 4. The van der Waals surface area contributed by atoms with Crippen LogP contribution in [0.4, 0.5) is 0 Å². The molecule has 0 saturated carbocycles. The molecule has 0 aromatic heterocycles. The minimum absolute atomic E-state index is 0.0178. The minimum atomic E-state index is -4.05. The third-order valence-electron chi connectivity index (χ3n) is 2.25. The van der Waals surface area contributed by atoms with E-state index < -0.39 is 25.9 Å². The number of rotatable bonds is 6. The van der Waals surface area contributed by atoms with Gasteiger partial charge in [-0.1, -0.05) is 18.2 Å². The highest BCUT2D eigenvalue weighted by atomic mass is 32.2. The SMILES string of the molecule is Cc1ccccc1S(=O)(=O)NCCCS(=O)(=O)O. The molecule has 102 valence electrons. The highest BCUT2D eigenvalue weighted by Crippen LogP contribution is 2.13. The van der Waals surface area contributed by atoms with Crippen LogP contribution in [0.2, 0.25) is 0 Å². The van der Waals surface area contributed by atoms with Crippen molar-refractivity contribution in [1.82, 2.24) is 4.72 Å². The van der Waals surface area contributed by atoms with Crippen molar-refractivity contribution in [2.24, 2.45) is 0 Å². The van der Waals surface area contributed by atoms with Gasteiger partial charge in [0, 0.05) is 6.54 Å². The molecule has 1 aromatic rings. The molecule has 0 amide bonds. The summed E-state index contributed by atoms with van der Waals surface area (Å²) < 4.78 is 55.4. The summed E-state index contributed by atoms with van der Waals surface area (Å²) in [5.41, 5.74) is 0.611. The summed E-state index contributed by atoms with van der Waals surface area (Å²) >= 11 is 0. The van der Waals surface area contributed by atoms with E-state index in [2.05, 4.69) is 4.72 Å². The second kappa shape index (κ2) is 5.79. The van der Waals surface area contributed by atoms with E-state index in [0.29, 0.717) is 5.56 Å². The van der Waals surface area contributed by atoms with Crippen molar-refractivity contribution >= 4 is 20.1 Å². The van der Waals surface area contributed by atoms with Gasteiger partial charge in [-0.05, 0) is 25.0 Å². The molecule has 0 aliphatic heterocycles. The lowest BCUT2D eigenvalue weighted by molar-refractivity contribution is 0.480. The molecule has 0 aliphatic carbocycles. The van der Waals surface area contributed by atoms with Gasteiger partial charge in [-0.25, -0.2) is 13.1 Å². The highest BCUT2D eigenvalue weighted by molar-refractivity contribution is 7.89. The standard InChI is InChI=1S/C10H15NO5S2/c1-9-5-2-3-6-10(9)18(15,16)11-7-4-8-17(12,13)14/h2-3,5-6,11H,4,7-8H2,1H3,(H,12,13,14). The number of sulfonamides is 1. The Morgan fingerprint density at radius 3 is 2.33 bits per heavy atom. The van der Waals surface area contributed by atoms with Gasteiger partial charge in [-0.15, -0.1) is 0 Å². The van der Waals surface area contributed by atoms with Crippen LogP contribution in [0.3, 0.4) is 0 Å². The molecule has 0 saturated heterocycles. The summed E-state index contributed by atoms with van der Waals surface area (Å²) in [5, 5.41) is 0. The predicted molar refractivity (Wildman–Crippen MR) is 67.4 cm³/mol. The number of hydrogen-bond donors (Lipinski definition) is 2. The smallest absolute Gasteiger partial charge is 0.264 e. The maximum absolute atomic E-state index is 11.9. The maximum atomic E-state index is 11.9. The van der Waals surface area contributed by atoms with Gasteiger partial charge in [0.05, 0.1) is 10.6 Å². The normalized spacial score (nSPS) is 12.6. The van der Waals surface area contributed by atoms with Gasteiger partial charge in [0.2, 0.25) is 10.0 Å². The van der Waals surface area contributed by atoms with E-state index >= 15 is 0 Å². The first-order chi connectivity index (χ1) is 8.22. The molecule has 1 rings (SSSR count). The Kier molecular flexibility index (Phi) is 4.85. The third kappa shape index (κ3) is 4.73. The van der Waals surface area contributed by atoms with Crippen LogP contribution in [0.1, 0.15) is 12.0 Å². The van der Waals surface area contributed by atoms with E-state index in [9.17, 15) is 16.8 Å². The zero-order valence-corrected chi connectivity index (χ0v) is 11.5. The van der Waals surface area contributed by atoms with E-state index in [1.165, 1.54) is 6.07 Å². The van der Waals surface area contributed by atoms with E-state index in [-0.39, 0.29) is 17.9 Å². The Hall–Kier alpha value is -0.960. The van der Waals surface area contributed by atoms with Crippen LogP contribution in [-0.4, -0.2) is 33.7 Å². The van der Waals surface area contributed by atoms with E-state index in [4.69, 9.17) is 4.55 Å². The molecule has 0 spiro atoms. The van der Waals surface area contributed by atoms with E-state index in [1.807, 2.05) is 0 Å². The van der Waals surface area contributed by atoms with Gasteiger partial charge >= 0.3 is 0 Å². The Balaban J connectivity index is 2.65. The van der Waals surface area contributed by atoms with Crippen LogP contribution in [0.25, 0.3) is 0 Å². The molecule has 2 N–H and O–H groups in total. The molecule has 0 atom stereocenters. The van der Waals surface area contributed by atoms with Crippen molar-refractivity contribution in [1.29, 1.82) is 0 Å². The summed E-state index contributed by atoms with van der Waals surface area (Å²) in [6.45, 7) is 1.63. The quantitative estimate of drug-likeness (QED) is 0.589. The Bertz CT molecular complexity index is 607. The molecule has 6 nitrogen and oxygen atoms in total. The Morgan fingerprint density at radius 1 is 1.17 bits per heavy atom. The largest absolute Gasteiger partial charge is 0.286 e. The predicted octanol–water partition coefficient (Wildman–Crippen LogP) is 0.551. The first-order valence-electron chi connectivity index (χ1n) is 5.23. The fourth-order valence-corrected chi connectivity index (χ4v) is 3.22. The van der Waals surface area contributed by atoms with Gasteiger partial charge in [-0.3, -0.25) is 4.55 Å². The van der Waals surface area contributed by atoms with Crippen LogP contribution in [0, 0.1) is 6.92 Å². The van der Waals surface area contributed by atoms with Gasteiger partial charge in [0.25, 0.3) is 10.1 Å². The van der Waals surface area contributed by atoms with Crippen LogP contribution in [-0.2, 0) is 20.1 Å². The molecule has 0 bridgehead atoms. The molecular weight excluding hydrogens is 278 g/mol.